The summed E-state index contributed by atoms with van der Waals surface area (Å²) in [5, 5.41) is 0. The molecule has 2 amide bonds. The van der Waals surface area contributed by atoms with Crippen molar-refractivity contribution < 1.29 is 13.6 Å². The van der Waals surface area contributed by atoms with Crippen molar-refractivity contribution in [3.63, 3.8) is 0 Å². The van der Waals surface area contributed by atoms with Crippen LogP contribution in [-0.2, 0) is 6.54 Å². The molecule has 4 rings (SSSR count). The van der Waals surface area contributed by atoms with Gasteiger partial charge in [-0.2, -0.15) is 4.39 Å². The van der Waals surface area contributed by atoms with Gasteiger partial charge in [0.25, 0.3) is 0 Å². The summed E-state index contributed by atoms with van der Waals surface area (Å²) in [6.07, 6.45) is 1.42. The van der Waals surface area contributed by atoms with Gasteiger partial charge in [0.1, 0.15) is 5.82 Å². The summed E-state index contributed by atoms with van der Waals surface area (Å²) in [6.45, 7) is 1.52. The van der Waals surface area contributed by atoms with Crippen LogP contribution >= 0.6 is 0 Å². The molecule has 1 aliphatic heterocycles. The van der Waals surface area contributed by atoms with Gasteiger partial charge >= 0.3 is 6.03 Å². The van der Waals surface area contributed by atoms with E-state index in [4.69, 9.17) is 0 Å². The third-order valence-corrected chi connectivity index (χ3v) is 4.60. The van der Waals surface area contributed by atoms with Crippen LogP contribution in [0, 0.1) is 11.8 Å². The Bertz CT molecular complexity index is 975. The van der Waals surface area contributed by atoms with Gasteiger partial charge in [0.2, 0.25) is 5.95 Å². The summed E-state index contributed by atoms with van der Waals surface area (Å²) < 4.78 is 26.6. The molecular weight excluding hydrogens is 348 g/mol. The van der Waals surface area contributed by atoms with Crippen LogP contribution in [0.25, 0.3) is 11.1 Å². The normalized spacial score (nSPS) is 14.1. The number of benzene rings is 2. The summed E-state index contributed by atoms with van der Waals surface area (Å²) in [6, 6.07) is 16.7. The predicted octanol–water partition coefficient (Wildman–Crippen LogP) is 4.47. The number of anilines is 1. The Labute approximate surface area is 155 Å². The average molecular weight is 365 g/mol. The molecule has 4 nitrogen and oxygen atoms in total. The van der Waals surface area contributed by atoms with Crippen molar-refractivity contribution in [2.75, 3.05) is 18.0 Å². The second kappa shape index (κ2) is 7.15. The maximum atomic E-state index is 13.3. The lowest BCUT2D eigenvalue weighted by Crippen LogP contribution is -2.31. The molecule has 6 heteroatoms. The fourth-order valence-electron chi connectivity index (χ4n) is 3.24. The van der Waals surface area contributed by atoms with Crippen LogP contribution in [-0.4, -0.2) is 29.0 Å². The van der Waals surface area contributed by atoms with Crippen LogP contribution < -0.4 is 4.90 Å². The van der Waals surface area contributed by atoms with E-state index in [9.17, 15) is 13.6 Å². The van der Waals surface area contributed by atoms with Crippen LogP contribution in [0.2, 0.25) is 0 Å². The first-order chi connectivity index (χ1) is 13.1. The smallest absolute Gasteiger partial charge is 0.318 e. The SMILES string of the molecule is O=C1N(Cc2cccc(F)c2)CCN1c1ccc(-c2ccnc(F)c2)cc1. The lowest BCUT2D eigenvalue weighted by Gasteiger charge is -2.19. The number of aromatic nitrogens is 1. The number of hydrogen-bond acceptors (Lipinski definition) is 2. The molecule has 0 N–H and O–H groups in total. The molecule has 1 aliphatic rings. The first-order valence-corrected chi connectivity index (χ1v) is 8.63. The zero-order valence-corrected chi connectivity index (χ0v) is 14.5. The lowest BCUT2D eigenvalue weighted by molar-refractivity contribution is 0.218. The van der Waals surface area contributed by atoms with Crippen molar-refractivity contribution in [1.29, 1.82) is 0 Å². The van der Waals surface area contributed by atoms with Gasteiger partial charge in [0.05, 0.1) is 0 Å². The van der Waals surface area contributed by atoms with E-state index in [-0.39, 0.29) is 11.8 Å². The number of halogens is 2. The molecule has 1 fully saturated rings. The first-order valence-electron chi connectivity index (χ1n) is 8.63. The summed E-state index contributed by atoms with van der Waals surface area (Å²) in [4.78, 5) is 19.6. The molecule has 0 aliphatic carbocycles. The number of amides is 2. The number of rotatable bonds is 4. The number of hydrogen-bond donors (Lipinski definition) is 0. The van der Waals surface area contributed by atoms with Crippen molar-refractivity contribution in [2.45, 2.75) is 6.54 Å². The van der Waals surface area contributed by atoms with Crippen LogP contribution in [0.3, 0.4) is 0 Å². The molecule has 2 heterocycles. The second-order valence-corrected chi connectivity index (χ2v) is 6.40. The fourth-order valence-corrected chi connectivity index (χ4v) is 3.24. The molecular formula is C21H17F2N3O. The van der Waals surface area contributed by atoms with E-state index in [2.05, 4.69) is 4.98 Å². The van der Waals surface area contributed by atoms with E-state index in [0.29, 0.717) is 19.6 Å². The number of pyridine rings is 1. The number of nitrogens with zero attached hydrogens (tertiary/aromatic N) is 3. The van der Waals surface area contributed by atoms with Crippen LogP contribution in [0.5, 0.6) is 0 Å². The van der Waals surface area contributed by atoms with E-state index in [0.717, 1.165) is 22.4 Å². The number of carbonyl (C=O) groups is 1. The van der Waals surface area contributed by atoms with Crippen molar-refractivity contribution in [3.8, 4) is 11.1 Å². The van der Waals surface area contributed by atoms with Crippen molar-refractivity contribution in [2.24, 2.45) is 0 Å². The minimum Gasteiger partial charge on any atom is -0.318 e. The molecule has 0 bridgehead atoms. The highest BCUT2D eigenvalue weighted by Crippen LogP contribution is 2.26. The molecule has 136 valence electrons. The van der Waals surface area contributed by atoms with Gasteiger partial charge in [-0.1, -0.05) is 24.3 Å². The summed E-state index contributed by atoms with van der Waals surface area (Å²) in [5.41, 5.74) is 3.12. The molecule has 0 unspecified atom stereocenters. The van der Waals surface area contributed by atoms with Crippen LogP contribution in [0.1, 0.15) is 5.56 Å². The Balaban J connectivity index is 1.48. The van der Waals surface area contributed by atoms with Gasteiger partial charge in [-0.15, -0.1) is 0 Å². The highest BCUT2D eigenvalue weighted by atomic mass is 19.1. The number of urea groups is 1. The summed E-state index contributed by atoms with van der Waals surface area (Å²) >= 11 is 0. The Morgan fingerprint density at radius 2 is 1.74 bits per heavy atom. The Kier molecular flexibility index (Phi) is 4.54. The van der Waals surface area contributed by atoms with Gasteiger partial charge < -0.3 is 4.90 Å². The molecule has 0 atom stereocenters. The lowest BCUT2D eigenvalue weighted by atomic mass is 10.1. The third-order valence-electron chi connectivity index (χ3n) is 4.60. The van der Waals surface area contributed by atoms with E-state index in [1.807, 2.05) is 30.3 Å². The van der Waals surface area contributed by atoms with Gasteiger partial charge in [-0.3, -0.25) is 4.90 Å². The molecule has 2 aromatic carbocycles. The molecule has 0 spiro atoms. The molecule has 1 aromatic heterocycles. The minimum absolute atomic E-state index is 0.109. The highest BCUT2D eigenvalue weighted by Gasteiger charge is 2.29. The largest absolute Gasteiger partial charge is 0.324 e. The Hall–Kier alpha value is -3.28. The molecule has 3 aromatic rings. The standard InChI is InChI=1S/C21H17F2N3O/c22-18-3-1-2-15(12-18)14-25-10-11-26(21(25)27)19-6-4-16(5-7-19)17-8-9-24-20(23)13-17/h1-9,12-13H,10-11,14H2. The Morgan fingerprint density at radius 1 is 0.926 bits per heavy atom. The maximum absolute atomic E-state index is 13.3. The molecule has 27 heavy (non-hydrogen) atoms. The van der Waals surface area contributed by atoms with Crippen molar-refractivity contribution in [3.05, 3.63) is 84.2 Å². The molecule has 0 saturated carbocycles. The van der Waals surface area contributed by atoms with Crippen molar-refractivity contribution in [1.82, 2.24) is 9.88 Å². The van der Waals surface area contributed by atoms with Crippen molar-refractivity contribution >= 4 is 11.7 Å². The van der Waals surface area contributed by atoms with Gasteiger partial charge in [-0.05, 0) is 47.0 Å². The summed E-state index contributed by atoms with van der Waals surface area (Å²) in [5.74, 6) is -0.835. The second-order valence-electron chi connectivity index (χ2n) is 6.40. The molecule has 0 radical (unpaired) electrons. The molecule has 1 saturated heterocycles. The number of carbonyl (C=O) groups excluding carboxylic acids is 1. The van der Waals surface area contributed by atoms with E-state index in [1.54, 1.807) is 21.9 Å². The fraction of sp³-hybridized carbons (Fsp3) is 0.143. The maximum Gasteiger partial charge on any atom is 0.324 e. The van der Waals surface area contributed by atoms with Crippen LogP contribution in [0.4, 0.5) is 19.3 Å². The predicted molar refractivity (Wildman–Crippen MR) is 99.2 cm³/mol. The first kappa shape index (κ1) is 17.1. The van der Waals surface area contributed by atoms with Gasteiger partial charge in [0.15, 0.2) is 0 Å². The minimum atomic E-state index is -0.528. The summed E-state index contributed by atoms with van der Waals surface area (Å²) in [7, 11) is 0. The van der Waals surface area contributed by atoms with E-state index < -0.39 is 5.95 Å². The zero-order valence-electron chi connectivity index (χ0n) is 14.5. The quantitative estimate of drug-likeness (QED) is 0.640. The van der Waals surface area contributed by atoms with Gasteiger partial charge in [-0.25, -0.2) is 14.2 Å². The Morgan fingerprint density at radius 3 is 2.48 bits per heavy atom. The average Bonchev–Trinajstić information content (AvgIpc) is 3.02. The van der Waals surface area contributed by atoms with Crippen LogP contribution in [0.15, 0.2) is 66.9 Å². The monoisotopic (exact) mass is 365 g/mol. The zero-order chi connectivity index (χ0) is 18.8. The topological polar surface area (TPSA) is 36.4 Å². The highest BCUT2D eigenvalue weighted by molar-refractivity contribution is 5.94. The van der Waals surface area contributed by atoms with Gasteiger partial charge in [0, 0.05) is 37.6 Å². The third kappa shape index (κ3) is 3.65. The van der Waals surface area contributed by atoms with E-state index >= 15 is 0 Å². The van der Waals surface area contributed by atoms with E-state index in [1.165, 1.54) is 24.4 Å².